The Bertz CT molecular complexity index is 273. The molecule has 2 N–H and O–H groups in total. The second-order valence-corrected chi connectivity index (χ2v) is 4.06. The molecule has 0 radical (unpaired) electrons. The number of rotatable bonds is 1. The molecule has 0 atom stereocenters. The van der Waals surface area contributed by atoms with E-state index in [0.717, 1.165) is 0 Å². The van der Waals surface area contributed by atoms with Crippen LogP contribution in [0, 0.1) is 0 Å². The predicted octanol–water partition coefficient (Wildman–Crippen LogP) is 2.50. The van der Waals surface area contributed by atoms with Crippen molar-refractivity contribution in [3.05, 3.63) is 18.0 Å². The quantitative estimate of drug-likeness (QED) is 0.694. The molecule has 0 spiro atoms. The Morgan fingerprint density at radius 2 is 1.57 bits per heavy atom. The summed E-state index contributed by atoms with van der Waals surface area (Å²) in [7, 11) is 0. The Labute approximate surface area is 84.8 Å². The Morgan fingerprint density at radius 1 is 1.00 bits per heavy atom. The maximum atomic E-state index is 5.46. The van der Waals surface area contributed by atoms with E-state index in [4.69, 9.17) is 5.73 Å². The number of hydrogen-bond donors (Lipinski definition) is 1. The van der Waals surface area contributed by atoms with Crippen LogP contribution in [-0.2, 0) is 0 Å². The van der Waals surface area contributed by atoms with Gasteiger partial charge in [-0.3, -0.25) is 0 Å². The van der Waals surface area contributed by atoms with Crippen LogP contribution in [0.15, 0.2) is 12.4 Å². The summed E-state index contributed by atoms with van der Waals surface area (Å²) in [6.45, 7) is 0. The van der Waals surface area contributed by atoms with E-state index in [1.807, 2.05) is 12.4 Å². The average molecular weight is 191 g/mol. The molecule has 1 aromatic heterocycles. The number of anilines is 1. The highest BCUT2D eigenvalue weighted by atomic mass is 15.0. The molecule has 1 fully saturated rings. The van der Waals surface area contributed by atoms with Crippen LogP contribution in [0.5, 0.6) is 0 Å². The first-order chi connectivity index (χ1) is 6.86. The molecule has 1 heterocycles. The van der Waals surface area contributed by atoms with E-state index in [2.05, 4.69) is 9.97 Å². The molecule has 1 aliphatic rings. The summed E-state index contributed by atoms with van der Waals surface area (Å²) < 4.78 is 0. The Balaban J connectivity index is 2.08. The van der Waals surface area contributed by atoms with E-state index in [1.165, 1.54) is 44.1 Å². The molecule has 0 aromatic carbocycles. The second-order valence-electron chi connectivity index (χ2n) is 4.06. The topological polar surface area (TPSA) is 51.8 Å². The lowest BCUT2D eigenvalue weighted by molar-refractivity contribution is 0.588. The first-order valence-corrected chi connectivity index (χ1v) is 5.43. The summed E-state index contributed by atoms with van der Waals surface area (Å²) in [5.41, 5.74) is 6.73. The van der Waals surface area contributed by atoms with Crippen molar-refractivity contribution in [1.29, 1.82) is 0 Å². The van der Waals surface area contributed by atoms with Gasteiger partial charge in [-0.15, -0.1) is 0 Å². The number of nitrogens with two attached hydrogens (primary N) is 1. The molecule has 0 bridgehead atoms. The van der Waals surface area contributed by atoms with Crippen molar-refractivity contribution in [2.45, 2.75) is 44.4 Å². The molecular formula is C11H17N3. The molecule has 0 aliphatic heterocycles. The van der Waals surface area contributed by atoms with Gasteiger partial charge >= 0.3 is 0 Å². The van der Waals surface area contributed by atoms with Crippen LogP contribution in [0.1, 0.15) is 50.0 Å². The fourth-order valence-electron chi connectivity index (χ4n) is 2.17. The summed E-state index contributed by atoms with van der Waals surface area (Å²) in [5.74, 6) is 1.04. The van der Waals surface area contributed by atoms with Gasteiger partial charge in [-0.25, -0.2) is 9.97 Å². The Kier molecular flexibility index (Phi) is 2.96. The molecule has 14 heavy (non-hydrogen) atoms. The summed E-state index contributed by atoms with van der Waals surface area (Å²) in [4.78, 5) is 8.10. The van der Waals surface area contributed by atoms with Crippen LogP contribution < -0.4 is 5.73 Å². The smallest absolute Gasteiger partial charge is 0.219 e. The molecule has 0 saturated heterocycles. The van der Waals surface area contributed by atoms with Crippen LogP contribution in [0.3, 0.4) is 0 Å². The molecule has 3 nitrogen and oxygen atoms in total. The van der Waals surface area contributed by atoms with Crippen LogP contribution >= 0.6 is 0 Å². The standard InChI is InChI=1S/C11H17N3/c12-11-13-7-10(8-14-11)9-5-3-1-2-4-6-9/h7-9H,1-6H2,(H2,12,13,14). The highest BCUT2D eigenvalue weighted by Gasteiger charge is 2.14. The van der Waals surface area contributed by atoms with Crippen molar-refractivity contribution in [2.24, 2.45) is 0 Å². The monoisotopic (exact) mass is 191 g/mol. The first kappa shape index (κ1) is 9.44. The zero-order valence-corrected chi connectivity index (χ0v) is 8.45. The molecular weight excluding hydrogens is 174 g/mol. The molecule has 0 amide bonds. The van der Waals surface area contributed by atoms with Gasteiger partial charge in [0, 0.05) is 12.4 Å². The predicted molar refractivity (Wildman–Crippen MR) is 56.9 cm³/mol. The summed E-state index contributed by atoms with van der Waals surface area (Å²) in [6.07, 6.45) is 11.8. The van der Waals surface area contributed by atoms with Crippen molar-refractivity contribution in [3.8, 4) is 0 Å². The molecule has 2 rings (SSSR count). The minimum absolute atomic E-state index is 0.377. The Hall–Kier alpha value is -1.12. The van der Waals surface area contributed by atoms with Crippen molar-refractivity contribution in [2.75, 3.05) is 5.73 Å². The molecule has 0 unspecified atom stereocenters. The van der Waals surface area contributed by atoms with E-state index < -0.39 is 0 Å². The van der Waals surface area contributed by atoms with Crippen LogP contribution in [-0.4, -0.2) is 9.97 Å². The lowest BCUT2D eigenvalue weighted by atomic mass is 9.94. The van der Waals surface area contributed by atoms with Gasteiger partial charge < -0.3 is 5.73 Å². The molecule has 76 valence electrons. The van der Waals surface area contributed by atoms with E-state index in [1.54, 1.807) is 0 Å². The summed E-state index contributed by atoms with van der Waals surface area (Å²) >= 11 is 0. The van der Waals surface area contributed by atoms with E-state index >= 15 is 0 Å². The second kappa shape index (κ2) is 4.40. The molecule has 1 aliphatic carbocycles. The van der Waals surface area contributed by atoms with E-state index in [-0.39, 0.29) is 0 Å². The van der Waals surface area contributed by atoms with E-state index in [0.29, 0.717) is 11.9 Å². The molecule has 3 heteroatoms. The third-order valence-corrected chi connectivity index (χ3v) is 3.02. The van der Waals surface area contributed by atoms with Crippen LogP contribution in [0.2, 0.25) is 0 Å². The van der Waals surface area contributed by atoms with Crippen LogP contribution in [0.4, 0.5) is 5.95 Å². The summed E-state index contributed by atoms with van der Waals surface area (Å²) in [5, 5.41) is 0. The SMILES string of the molecule is Nc1ncc(C2CCCCCC2)cn1. The zero-order chi connectivity index (χ0) is 9.80. The number of hydrogen-bond acceptors (Lipinski definition) is 3. The maximum Gasteiger partial charge on any atom is 0.219 e. The number of nitrogens with zero attached hydrogens (tertiary/aromatic N) is 2. The summed E-state index contributed by atoms with van der Waals surface area (Å²) in [6, 6.07) is 0. The van der Waals surface area contributed by atoms with Crippen molar-refractivity contribution < 1.29 is 0 Å². The molecule has 1 aromatic rings. The zero-order valence-electron chi connectivity index (χ0n) is 8.45. The Morgan fingerprint density at radius 3 is 2.14 bits per heavy atom. The van der Waals surface area contributed by atoms with E-state index in [9.17, 15) is 0 Å². The van der Waals surface area contributed by atoms with Gasteiger partial charge in [-0.2, -0.15) is 0 Å². The highest BCUT2D eigenvalue weighted by molar-refractivity contribution is 5.20. The fraction of sp³-hybridized carbons (Fsp3) is 0.636. The lowest BCUT2D eigenvalue weighted by Gasteiger charge is -2.12. The van der Waals surface area contributed by atoms with Gasteiger partial charge in [0.1, 0.15) is 0 Å². The largest absolute Gasteiger partial charge is 0.368 e. The van der Waals surface area contributed by atoms with Crippen LogP contribution in [0.25, 0.3) is 0 Å². The normalized spacial score (nSPS) is 19.1. The van der Waals surface area contributed by atoms with Gasteiger partial charge in [0.15, 0.2) is 0 Å². The third-order valence-electron chi connectivity index (χ3n) is 3.02. The van der Waals surface area contributed by atoms with Gasteiger partial charge in [-0.05, 0) is 24.3 Å². The fourth-order valence-corrected chi connectivity index (χ4v) is 2.17. The minimum Gasteiger partial charge on any atom is -0.368 e. The number of aromatic nitrogens is 2. The lowest BCUT2D eigenvalue weighted by Crippen LogP contribution is -2.01. The van der Waals surface area contributed by atoms with Crippen molar-refractivity contribution in [3.63, 3.8) is 0 Å². The van der Waals surface area contributed by atoms with Crippen molar-refractivity contribution in [1.82, 2.24) is 9.97 Å². The van der Waals surface area contributed by atoms with Gasteiger partial charge in [-0.1, -0.05) is 25.7 Å². The number of nitrogen functional groups attached to an aromatic ring is 1. The van der Waals surface area contributed by atoms with Gasteiger partial charge in [0.05, 0.1) is 0 Å². The average Bonchev–Trinajstić information content (AvgIpc) is 2.47. The maximum absolute atomic E-state index is 5.46. The first-order valence-electron chi connectivity index (χ1n) is 5.43. The van der Waals surface area contributed by atoms with Gasteiger partial charge in [0.2, 0.25) is 5.95 Å². The molecule has 1 saturated carbocycles. The highest BCUT2D eigenvalue weighted by Crippen LogP contribution is 2.30. The van der Waals surface area contributed by atoms with Gasteiger partial charge in [0.25, 0.3) is 0 Å². The third kappa shape index (κ3) is 2.22. The minimum atomic E-state index is 0.377. The van der Waals surface area contributed by atoms with Crippen molar-refractivity contribution >= 4 is 5.95 Å².